The van der Waals surface area contributed by atoms with Gasteiger partial charge in [-0.1, -0.05) is 34.1 Å². The highest BCUT2D eigenvalue weighted by atomic mass is 79.9. The average Bonchev–Trinajstić information content (AvgIpc) is 2.67. The lowest BCUT2D eigenvalue weighted by atomic mass is 10.1. The summed E-state index contributed by atoms with van der Waals surface area (Å²) in [7, 11) is 0. The fraction of sp³-hybridized carbons (Fsp3) is 0.182. The van der Waals surface area contributed by atoms with Gasteiger partial charge in [0.25, 0.3) is 0 Å². The third kappa shape index (κ3) is 2.11. The van der Waals surface area contributed by atoms with Crippen LogP contribution in [0.3, 0.4) is 0 Å². The van der Waals surface area contributed by atoms with Crippen molar-refractivity contribution < 1.29 is 0 Å². The molecule has 0 radical (unpaired) electrons. The molecule has 0 bridgehead atoms. The Hall–Kier alpha value is -1.13. The van der Waals surface area contributed by atoms with Crippen LogP contribution in [0.2, 0.25) is 0 Å². The molecule has 0 saturated heterocycles. The van der Waals surface area contributed by atoms with Crippen LogP contribution in [-0.2, 0) is 6.42 Å². The Morgan fingerprint density at radius 1 is 1.27 bits per heavy atom. The van der Waals surface area contributed by atoms with E-state index in [2.05, 4.69) is 32.2 Å². The van der Waals surface area contributed by atoms with Gasteiger partial charge in [-0.3, -0.25) is 5.10 Å². The van der Waals surface area contributed by atoms with Crippen molar-refractivity contribution in [3.8, 4) is 11.1 Å². The third-order valence-corrected chi connectivity index (χ3v) is 2.97. The number of aromatic nitrogens is 2. The molecule has 0 spiro atoms. The number of hydrogen-bond acceptors (Lipinski definition) is 2. The molecule has 2 aromatic rings. The Morgan fingerprint density at radius 2 is 2.07 bits per heavy atom. The molecule has 2 rings (SSSR count). The van der Waals surface area contributed by atoms with Gasteiger partial charge in [0.05, 0.1) is 6.20 Å². The minimum Gasteiger partial charge on any atom is -0.330 e. The SMILES string of the molecule is NCCc1[nH]ncc1-c1ccccc1Br. The van der Waals surface area contributed by atoms with Crippen LogP contribution in [-0.4, -0.2) is 16.7 Å². The molecule has 3 N–H and O–H groups in total. The molecule has 0 aliphatic heterocycles. The maximum absolute atomic E-state index is 5.55. The summed E-state index contributed by atoms with van der Waals surface area (Å²) in [6.45, 7) is 0.625. The van der Waals surface area contributed by atoms with E-state index in [9.17, 15) is 0 Å². The third-order valence-electron chi connectivity index (χ3n) is 2.28. The lowest BCUT2D eigenvalue weighted by molar-refractivity contribution is 0.902. The first-order valence-electron chi connectivity index (χ1n) is 4.80. The zero-order valence-corrected chi connectivity index (χ0v) is 9.79. The quantitative estimate of drug-likeness (QED) is 0.895. The predicted octanol–water partition coefficient (Wildman–Crippen LogP) is 2.34. The van der Waals surface area contributed by atoms with E-state index in [0.717, 1.165) is 27.7 Å². The Kier molecular flexibility index (Phi) is 3.18. The Bertz CT molecular complexity index is 451. The lowest BCUT2D eigenvalue weighted by Crippen LogP contribution is -2.04. The van der Waals surface area contributed by atoms with Crippen LogP contribution in [0.15, 0.2) is 34.9 Å². The summed E-state index contributed by atoms with van der Waals surface area (Å²) in [6, 6.07) is 8.10. The monoisotopic (exact) mass is 265 g/mol. The van der Waals surface area contributed by atoms with E-state index >= 15 is 0 Å². The van der Waals surface area contributed by atoms with E-state index in [0.29, 0.717) is 6.54 Å². The largest absolute Gasteiger partial charge is 0.330 e. The van der Waals surface area contributed by atoms with Gasteiger partial charge in [-0.15, -0.1) is 0 Å². The number of nitrogens with one attached hydrogen (secondary N) is 1. The summed E-state index contributed by atoms with van der Waals surface area (Å²) in [5.41, 5.74) is 8.90. The van der Waals surface area contributed by atoms with Crippen LogP contribution < -0.4 is 5.73 Å². The van der Waals surface area contributed by atoms with Gasteiger partial charge in [0.15, 0.2) is 0 Å². The van der Waals surface area contributed by atoms with Crippen LogP contribution in [0.25, 0.3) is 11.1 Å². The molecule has 0 atom stereocenters. The molecule has 0 aliphatic rings. The smallest absolute Gasteiger partial charge is 0.0569 e. The van der Waals surface area contributed by atoms with Gasteiger partial charge >= 0.3 is 0 Å². The summed E-state index contributed by atoms with van der Waals surface area (Å²) in [5.74, 6) is 0. The Labute approximate surface area is 96.8 Å². The first kappa shape index (κ1) is 10.4. The van der Waals surface area contributed by atoms with Crippen LogP contribution in [0.4, 0.5) is 0 Å². The Morgan fingerprint density at radius 3 is 2.80 bits per heavy atom. The fourth-order valence-corrected chi connectivity index (χ4v) is 2.06. The number of H-pyrrole nitrogens is 1. The van der Waals surface area contributed by atoms with Gasteiger partial charge < -0.3 is 5.73 Å². The predicted molar refractivity (Wildman–Crippen MR) is 64.5 cm³/mol. The highest BCUT2D eigenvalue weighted by Crippen LogP contribution is 2.29. The molecule has 1 heterocycles. The number of nitrogens with zero attached hydrogens (tertiary/aromatic N) is 1. The van der Waals surface area contributed by atoms with Crippen LogP contribution in [0.1, 0.15) is 5.69 Å². The lowest BCUT2D eigenvalue weighted by Gasteiger charge is -2.04. The molecule has 15 heavy (non-hydrogen) atoms. The topological polar surface area (TPSA) is 54.7 Å². The van der Waals surface area contributed by atoms with Gasteiger partial charge in [0.2, 0.25) is 0 Å². The minimum absolute atomic E-state index is 0.625. The molecule has 1 aromatic heterocycles. The number of aromatic amines is 1. The zero-order valence-electron chi connectivity index (χ0n) is 8.20. The van der Waals surface area contributed by atoms with E-state index in [4.69, 9.17) is 5.73 Å². The standard InChI is InChI=1S/C11H12BrN3/c12-10-4-2-1-3-8(10)9-7-14-15-11(9)5-6-13/h1-4,7H,5-6,13H2,(H,14,15). The van der Waals surface area contributed by atoms with Crippen molar-refractivity contribution in [1.29, 1.82) is 0 Å². The first-order valence-corrected chi connectivity index (χ1v) is 5.59. The van der Waals surface area contributed by atoms with Crippen molar-refractivity contribution in [2.75, 3.05) is 6.54 Å². The maximum Gasteiger partial charge on any atom is 0.0569 e. The van der Waals surface area contributed by atoms with Crippen molar-refractivity contribution in [2.45, 2.75) is 6.42 Å². The minimum atomic E-state index is 0.625. The number of nitrogens with two attached hydrogens (primary N) is 1. The van der Waals surface area contributed by atoms with Gasteiger partial charge in [-0.2, -0.15) is 5.10 Å². The zero-order chi connectivity index (χ0) is 10.7. The van der Waals surface area contributed by atoms with E-state index in [-0.39, 0.29) is 0 Å². The van der Waals surface area contributed by atoms with E-state index < -0.39 is 0 Å². The number of halogens is 1. The molecule has 78 valence electrons. The van der Waals surface area contributed by atoms with E-state index in [1.807, 2.05) is 24.4 Å². The average molecular weight is 266 g/mol. The fourth-order valence-electron chi connectivity index (χ4n) is 1.56. The summed E-state index contributed by atoms with van der Waals surface area (Å²) >= 11 is 3.53. The molecular formula is C11H12BrN3. The second-order valence-corrected chi connectivity index (χ2v) is 4.14. The summed E-state index contributed by atoms with van der Waals surface area (Å²) < 4.78 is 1.07. The van der Waals surface area contributed by atoms with Crippen molar-refractivity contribution in [2.24, 2.45) is 5.73 Å². The first-order chi connectivity index (χ1) is 7.33. The van der Waals surface area contributed by atoms with E-state index in [1.54, 1.807) is 0 Å². The van der Waals surface area contributed by atoms with Crippen LogP contribution in [0.5, 0.6) is 0 Å². The van der Waals surface area contributed by atoms with Crippen LogP contribution in [0, 0.1) is 0 Å². The van der Waals surface area contributed by atoms with Crippen molar-refractivity contribution in [3.05, 3.63) is 40.6 Å². The van der Waals surface area contributed by atoms with Crippen molar-refractivity contribution >= 4 is 15.9 Å². The summed E-state index contributed by atoms with van der Waals surface area (Å²) in [5, 5.41) is 7.04. The molecular weight excluding hydrogens is 254 g/mol. The molecule has 4 heteroatoms. The molecule has 0 amide bonds. The highest BCUT2D eigenvalue weighted by molar-refractivity contribution is 9.10. The van der Waals surface area contributed by atoms with Gasteiger partial charge in [-0.25, -0.2) is 0 Å². The molecule has 0 saturated carbocycles. The number of rotatable bonds is 3. The second kappa shape index (κ2) is 4.59. The number of benzene rings is 1. The molecule has 3 nitrogen and oxygen atoms in total. The van der Waals surface area contributed by atoms with Gasteiger partial charge in [0.1, 0.15) is 0 Å². The molecule has 0 unspecified atom stereocenters. The summed E-state index contributed by atoms with van der Waals surface area (Å²) in [6.07, 6.45) is 2.65. The molecule has 1 aromatic carbocycles. The Balaban J connectivity index is 2.45. The van der Waals surface area contributed by atoms with Crippen molar-refractivity contribution in [3.63, 3.8) is 0 Å². The number of hydrogen-bond donors (Lipinski definition) is 2. The van der Waals surface area contributed by atoms with Gasteiger partial charge in [0, 0.05) is 22.2 Å². The normalized spacial score (nSPS) is 10.5. The highest BCUT2D eigenvalue weighted by Gasteiger charge is 2.08. The maximum atomic E-state index is 5.55. The molecule has 0 aliphatic carbocycles. The second-order valence-electron chi connectivity index (χ2n) is 3.28. The van der Waals surface area contributed by atoms with E-state index in [1.165, 1.54) is 0 Å². The summed E-state index contributed by atoms with van der Waals surface area (Å²) in [4.78, 5) is 0. The van der Waals surface area contributed by atoms with Crippen LogP contribution >= 0.6 is 15.9 Å². The van der Waals surface area contributed by atoms with Gasteiger partial charge in [-0.05, 0) is 18.2 Å². The van der Waals surface area contributed by atoms with Crippen molar-refractivity contribution in [1.82, 2.24) is 10.2 Å². The molecule has 0 fully saturated rings.